The molecule has 1 aromatic heterocycles. The summed E-state index contributed by atoms with van der Waals surface area (Å²) in [5, 5.41) is 0. The van der Waals surface area contributed by atoms with E-state index in [2.05, 4.69) is 4.72 Å². The minimum Gasteiger partial charge on any atom is -0.378 e. The van der Waals surface area contributed by atoms with E-state index in [9.17, 15) is 12.8 Å². The molecule has 24 heavy (non-hydrogen) atoms. The van der Waals surface area contributed by atoms with Crippen LogP contribution in [0, 0.1) is 5.82 Å². The summed E-state index contributed by atoms with van der Waals surface area (Å²) in [6.07, 6.45) is 0.765. The Hall–Kier alpha value is -1.64. The van der Waals surface area contributed by atoms with E-state index in [1.54, 1.807) is 18.2 Å². The fourth-order valence-corrected chi connectivity index (χ4v) is 4.85. The molecule has 5 nitrogen and oxygen atoms in total. The second-order valence-corrected chi connectivity index (χ2v) is 8.52. The van der Waals surface area contributed by atoms with Gasteiger partial charge in [0.2, 0.25) is 0 Å². The molecule has 0 amide bonds. The number of ether oxygens (including phenoxy) is 1. The molecule has 1 fully saturated rings. The van der Waals surface area contributed by atoms with Crippen molar-refractivity contribution in [3.63, 3.8) is 0 Å². The Bertz CT molecular complexity index is 814. The molecule has 0 radical (unpaired) electrons. The Morgan fingerprint density at radius 2 is 2.00 bits per heavy atom. The molecule has 0 saturated carbocycles. The van der Waals surface area contributed by atoms with Crippen LogP contribution in [0.2, 0.25) is 0 Å². The number of rotatable bonds is 5. The highest BCUT2D eigenvalue weighted by molar-refractivity contribution is 7.94. The van der Waals surface area contributed by atoms with Gasteiger partial charge in [-0.3, -0.25) is 4.72 Å². The first kappa shape index (κ1) is 17.2. The van der Waals surface area contributed by atoms with E-state index >= 15 is 0 Å². The Morgan fingerprint density at radius 1 is 1.25 bits per heavy atom. The maximum absolute atomic E-state index is 14.1. The topological polar surface area (TPSA) is 58.6 Å². The van der Waals surface area contributed by atoms with Crippen LogP contribution in [-0.4, -0.2) is 34.7 Å². The summed E-state index contributed by atoms with van der Waals surface area (Å²) in [7, 11) is -3.79. The van der Waals surface area contributed by atoms with E-state index in [1.807, 2.05) is 11.8 Å². The first-order chi connectivity index (χ1) is 11.5. The summed E-state index contributed by atoms with van der Waals surface area (Å²) < 4.78 is 46.9. The lowest BCUT2D eigenvalue weighted by atomic mass is 10.2. The summed E-state index contributed by atoms with van der Waals surface area (Å²) in [6, 6.07) is 7.80. The molecule has 130 valence electrons. The molecule has 1 saturated heterocycles. The highest BCUT2D eigenvalue weighted by Crippen LogP contribution is 2.28. The molecule has 0 spiro atoms. The van der Waals surface area contributed by atoms with E-state index in [0.717, 1.165) is 17.0 Å². The number of hydrogen-bond acceptors (Lipinski definition) is 5. The van der Waals surface area contributed by atoms with Crippen LogP contribution in [0.1, 0.15) is 11.8 Å². The average Bonchev–Trinajstić information content (AvgIpc) is 3.08. The minimum absolute atomic E-state index is 0.0366. The van der Waals surface area contributed by atoms with Gasteiger partial charge in [-0.25, -0.2) is 12.8 Å². The summed E-state index contributed by atoms with van der Waals surface area (Å²) in [5.74, 6) is -0.595. The predicted octanol–water partition coefficient (Wildman–Crippen LogP) is 3.09. The summed E-state index contributed by atoms with van der Waals surface area (Å²) in [5.41, 5.74) is 0.739. The van der Waals surface area contributed by atoms with E-state index in [1.165, 1.54) is 23.5 Å². The number of nitrogens with zero attached hydrogens (tertiary/aromatic N) is 1. The van der Waals surface area contributed by atoms with Crippen LogP contribution in [-0.2, 0) is 21.2 Å². The van der Waals surface area contributed by atoms with E-state index in [4.69, 9.17) is 4.74 Å². The van der Waals surface area contributed by atoms with Crippen molar-refractivity contribution in [2.45, 2.75) is 17.6 Å². The van der Waals surface area contributed by atoms with Gasteiger partial charge in [0.15, 0.2) is 0 Å². The molecule has 2 aromatic rings. The molecule has 1 aromatic carbocycles. The molecule has 1 N–H and O–H groups in total. The highest BCUT2D eigenvalue weighted by Gasteiger charge is 2.20. The van der Waals surface area contributed by atoms with Crippen molar-refractivity contribution in [2.75, 3.05) is 35.9 Å². The lowest BCUT2D eigenvalue weighted by Crippen LogP contribution is -2.36. The standard InChI is InChI=1S/C16H19FN2O3S2/c1-2-13-4-6-16(23-13)24(20,21)18-15-11-12(3-5-14(15)17)19-7-9-22-10-8-19/h3-6,11,18H,2,7-10H2,1H3. The van der Waals surface area contributed by atoms with Crippen molar-refractivity contribution in [3.05, 3.63) is 41.0 Å². The van der Waals surface area contributed by atoms with Gasteiger partial charge in [-0.05, 0) is 36.8 Å². The molecule has 2 heterocycles. The number of sulfonamides is 1. The third-order valence-corrected chi connectivity index (χ3v) is 6.91. The third kappa shape index (κ3) is 3.71. The Balaban J connectivity index is 1.85. The Morgan fingerprint density at radius 3 is 2.67 bits per heavy atom. The van der Waals surface area contributed by atoms with Crippen LogP contribution < -0.4 is 9.62 Å². The van der Waals surface area contributed by atoms with Crippen molar-refractivity contribution in [2.24, 2.45) is 0 Å². The van der Waals surface area contributed by atoms with Gasteiger partial charge in [-0.15, -0.1) is 11.3 Å². The number of nitrogens with one attached hydrogen (secondary N) is 1. The zero-order valence-corrected chi connectivity index (χ0v) is 14.9. The normalized spacial score (nSPS) is 15.5. The van der Waals surface area contributed by atoms with E-state index < -0.39 is 15.8 Å². The second-order valence-electron chi connectivity index (χ2n) is 5.44. The molecular formula is C16H19FN2O3S2. The molecule has 0 aliphatic carbocycles. The van der Waals surface area contributed by atoms with Crippen LogP contribution >= 0.6 is 11.3 Å². The zero-order valence-electron chi connectivity index (χ0n) is 13.3. The van der Waals surface area contributed by atoms with Gasteiger partial charge in [0, 0.05) is 23.7 Å². The van der Waals surface area contributed by atoms with Crippen molar-refractivity contribution >= 4 is 32.7 Å². The van der Waals surface area contributed by atoms with Crippen molar-refractivity contribution < 1.29 is 17.5 Å². The van der Waals surface area contributed by atoms with Crippen molar-refractivity contribution in [3.8, 4) is 0 Å². The second kappa shape index (κ2) is 7.08. The van der Waals surface area contributed by atoms with E-state index in [0.29, 0.717) is 26.3 Å². The quantitative estimate of drug-likeness (QED) is 0.879. The van der Waals surface area contributed by atoms with Gasteiger partial charge in [0.05, 0.1) is 18.9 Å². The van der Waals surface area contributed by atoms with Crippen LogP contribution in [0.25, 0.3) is 0 Å². The van der Waals surface area contributed by atoms with Crippen molar-refractivity contribution in [1.29, 1.82) is 0 Å². The predicted molar refractivity (Wildman–Crippen MR) is 93.9 cm³/mol. The fourth-order valence-electron chi connectivity index (χ4n) is 2.50. The number of aryl methyl sites for hydroxylation is 1. The Labute approximate surface area is 145 Å². The van der Waals surface area contributed by atoms with Crippen LogP contribution in [0.4, 0.5) is 15.8 Å². The summed E-state index contributed by atoms with van der Waals surface area (Å²) >= 11 is 1.20. The maximum Gasteiger partial charge on any atom is 0.271 e. The molecule has 0 atom stereocenters. The Kier molecular flexibility index (Phi) is 5.07. The number of morpholine rings is 1. The molecule has 0 unspecified atom stereocenters. The first-order valence-electron chi connectivity index (χ1n) is 7.73. The number of benzene rings is 1. The molecule has 1 aliphatic rings. The molecule has 3 rings (SSSR count). The van der Waals surface area contributed by atoms with E-state index in [-0.39, 0.29) is 9.90 Å². The smallest absolute Gasteiger partial charge is 0.271 e. The summed E-state index contributed by atoms with van der Waals surface area (Å²) in [6.45, 7) is 4.56. The number of halogens is 1. The summed E-state index contributed by atoms with van der Waals surface area (Å²) in [4.78, 5) is 3.01. The fraction of sp³-hybridized carbons (Fsp3) is 0.375. The maximum atomic E-state index is 14.1. The van der Waals surface area contributed by atoms with Gasteiger partial charge in [0.1, 0.15) is 10.0 Å². The molecule has 0 bridgehead atoms. The van der Waals surface area contributed by atoms with Crippen LogP contribution in [0.5, 0.6) is 0 Å². The molecular weight excluding hydrogens is 351 g/mol. The highest BCUT2D eigenvalue weighted by atomic mass is 32.2. The van der Waals surface area contributed by atoms with Gasteiger partial charge < -0.3 is 9.64 Å². The first-order valence-corrected chi connectivity index (χ1v) is 10.0. The van der Waals surface area contributed by atoms with Gasteiger partial charge in [-0.1, -0.05) is 6.92 Å². The third-order valence-electron chi connectivity index (χ3n) is 3.82. The van der Waals surface area contributed by atoms with Gasteiger partial charge in [0.25, 0.3) is 10.0 Å². The molecule has 1 aliphatic heterocycles. The minimum atomic E-state index is -3.79. The lowest BCUT2D eigenvalue weighted by Gasteiger charge is -2.29. The zero-order chi connectivity index (χ0) is 17.2. The number of hydrogen-bond donors (Lipinski definition) is 1. The van der Waals surface area contributed by atoms with Crippen molar-refractivity contribution in [1.82, 2.24) is 0 Å². The van der Waals surface area contributed by atoms with Crippen LogP contribution in [0.3, 0.4) is 0 Å². The van der Waals surface area contributed by atoms with Gasteiger partial charge in [-0.2, -0.15) is 0 Å². The largest absolute Gasteiger partial charge is 0.378 e. The number of thiophene rings is 1. The number of anilines is 2. The van der Waals surface area contributed by atoms with Crippen LogP contribution in [0.15, 0.2) is 34.5 Å². The molecule has 8 heteroatoms. The lowest BCUT2D eigenvalue weighted by molar-refractivity contribution is 0.122. The SMILES string of the molecule is CCc1ccc(S(=O)(=O)Nc2cc(N3CCOCC3)ccc2F)s1. The van der Waals surface area contributed by atoms with Gasteiger partial charge >= 0.3 is 0 Å². The average molecular weight is 370 g/mol. The monoisotopic (exact) mass is 370 g/mol.